The first-order chi connectivity index (χ1) is 18.1. The van der Waals surface area contributed by atoms with Crippen LogP contribution in [0.5, 0.6) is 0 Å². The maximum absolute atomic E-state index is 14.4. The zero-order valence-electron chi connectivity index (χ0n) is 19.7. The highest BCUT2D eigenvalue weighted by atomic mass is 35.5. The van der Waals surface area contributed by atoms with Gasteiger partial charge in [0.2, 0.25) is 5.91 Å². The van der Waals surface area contributed by atoms with Crippen molar-refractivity contribution in [3.63, 3.8) is 0 Å². The van der Waals surface area contributed by atoms with Gasteiger partial charge in [0.25, 0.3) is 11.8 Å². The van der Waals surface area contributed by atoms with E-state index >= 15 is 0 Å². The number of benzene rings is 2. The summed E-state index contributed by atoms with van der Waals surface area (Å²) >= 11 is 7.83. The van der Waals surface area contributed by atoms with Crippen molar-refractivity contribution in [1.82, 2.24) is 15.5 Å². The molecular formula is C25H22ClF3N4O4S. The first-order valence-electron chi connectivity index (χ1n) is 11.7. The Bertz CT molecular complexity index is 1300. The number of cyclic esters (lactones) is 1. The van der Waals surface area contributed by atoms with Crippen molar-refractivity contribution in [2.75, 3.05) is 17.4 Å². The van der Waals surface area contributed by atoms with Gasteiger partial charge >= 0.3 is 6.09 Å². The van der Waals surface area contributed by atoms with Crippen LogP contribution in [0.1, 0.15) is 24.4 Å². The Balaban J connectivity index is 1.58. The Morgan fingerprint density at radius 3 is 2.63 bits per heavy atom. The summed E-state index contributed by atoms with van der Waals surface area (Å²) in [4.78, 5) is 42.7. The molecule has 2 aliphatic heterocycles. The molecule has 2 fully saturated rings. The molecule has 3 amide bonds. The molecule has 200 valence electrons. The number of anilines is 1. The molecule has 2 atom stereocenters. The minimum Gasteiger partial charge on any atom is -0.446 e. The van der Waals surface area contributed by atoms with Crippen LogP contribution in [0, 0.1) is 5.82 Å². The maximum atomic E-state index is 14.4. The summed E-state index contributed by atoms with van der Waals surface area (Å²) < 4.78 is 46.6. The van der Waals surface area contributed by atoms with Crippen molar-refractivity contribution < 1.29 is 32.3 Å². The number of hydrogen-bond acceptors (Lipinski definition) is 6. The Hall–Kier alpha value is -3.38. The van der Waals surface area contributed by atoms with Gasteiger partial charge in [0.1, 0.15) is 24.3 Å². The minimum atomic E-state index is -2.89. The van der Waals surface area contributed by atoms with Crippen LogP contribution in [0.3, 0.4) is 0 Å². The minimum absolute atomic E-state index is 0.0102. The monoisotopic (exact) mass is 566 g/mol. The van der Waals surface area contributed by atoms with Gasteiger partial charge in [0.15, 0.2) is 6.04 Å². The van der Waals surface area contributed by atoms with E-state index in [0.29, 0.717) is 11.7 Å². The van der Waals surface area contributed by atoms with Crippen LogP contribution in [0.4, 0.5) is 23.7 Å². The van der Waals surface area contributed by atoms with E-state index in [2.05, 4.69) is 10.6 Å². The predicted octanol–water partition coefficient (Wildman–Crippen LogP) is 4.38. The molecule has 2 aromatic carbocycles. The van der Waals surface area contributed by atoms with E-state index in [1.54, 1.807) is 17.5 Å². The van der Waals surface area contributed by atoms with Crippen LogP contribution in [0.15, 0.2) is 59.8 Å². The van der Waals surface area contributed by atoms with Gasteiger partial charge in [-0.2, -0.15) is 0 Å². The van der Waals surface area contributed by atoms with Crippen LogP contribution in [0.25, 0.3) is 0 Å². The van der Waals surface area contributed by atoms with Gasteiger partial charge in [-0.25, -0.2) is 22.9 Å². The molecule has 13 heteroatoms. The van der Waals surface area contributed by atoms with E-state index in [9.17, 15) is 27.6 Å². The third-order valence-corrected chi connectivity index (χ3v) is 7.46. The van der Waals surface area contributed by atoms with Crippen molar-refractivity contribution in [1.29, 1.82) is 0 Å². The summed E-state index contributed by atoms with van der Waals surface area (Å²) in [7, 11) is 0. The van der Waals surface area contributed by atoms with Gasteiger partial charge in [0.05, 0.1) is 5.88 Å². The van der Waals surface area contributed by atoms with Crippen molar-refractivity contribution in [3.8, 4) is 0 Å². The second kappa shape index (κ2) is 10.4. The number of amides is 3. The van der Waals surface area contributed by atoms with Gasteiger partial charge in [-0.3, -0.25) is 14.5 Å². The Labute approximate surface area is 225 Å². The Kier molecular flexibility index (Phi) is 7.19. The lowest BCUT2D eigenvalue weighted by molar-refractivity contribution is -0.133. The molecule has 0 radical (unpaired) electrons. The smallest absolute Gasteiger partial charge is 0.416 e. The molecular weight excluding hydrogens is 545 g/mol. The molecule has 38 heavy (non-hydrogen) atoms. The lowest BCUT2D eigenvalue weighted by atomic mass is 9.87. The molecule has 3 aliphatic rings. The zero-order chi connectivity index (χ0) is 27.0. The lowest BCUT2D eigenvalue weighted by Crippen LogP contribution is -2.56. The molecule has 2 aromatic rings. The largest absolute Gasteiger partial charge is 0.446 e. The second-order valence-electron chi connectivity index (χ2n) is 9.04. The van der Waals surface area contributed by atoms with Gasteiger partial charge < -0.3 is 15.4 Å². The van der Waals surface area contributed by atoms with Crippen LogP contribution < -0.4 is 15.5 Å². The first-order valence-corrected chi connectivity index (χ1v) is 13.1. The fourth-order valence-corrected chi connectivity index (χ4v) is 5.53. The average molecular weight is 567 g/mol. The van der Waals surface area contributed by atoms with Crippen molar-refractivity contribution in [2.45, 2.75) is 36.9 Å². The normalized spacial score (nSPS) is 21.2. The second-order valence-corrected chi connectivity index (χ2v) is 10.3. The number of alkyl halides is 2. The van der Waals surface area contributed by atoms with E-state index in [-0.39, 0.29) is 22.9 Å². The molecule has 0 aromatic heterocycles. The van der Waals surface area contributed by atoms with Gasteiger partial charge in [-0.15, -0.1) is 11.8 Å². The zero-order valence-corrected chi connectivity index (χ0v) is 21.3. The fraction of sp³-hybridized carbons (Fsp3) is 0.320. The van der Waals surface area contributed by atoms with E-state index in [4.69, 9.17) is 16.3 Å². The van der Waals surface area contributed by atoms with Crippen molar-refractivity contribution >= 4 is 47.0 Å². The predicted molar refractivity (Wildman–Crippen MR) is 135 cm³/mol. The van der Waals surface area contributed by atoms with Crippen molar-refractivity contribution in [3.05, 3.63) is 76.2 Å². The SMILES string of the molecule is O=C(NC1CC(F)(F)C1)[C@H](c1ccccc1Cl)N(C(=O)[C@@H]1COC(=O)N1C1=CSCN1)c1cccc(F)c1. The number of ether oxygens (including phenoxy) is 1. The number of nitrogens with one attached hydrogen (secondary N) is 2. The van der Waals surface area contributed by atoms with E-state index in [1.165, 1.54) is 42.1 Å². The molecule has 2 heterocycles. The molecule has 1 saturated carbocycles. The summed E-state index contributed by atoms with van der Waals surface area (Å²) in [5.74, 6) is -4.26. The van der Waals surface area contributed by atoms with Crippen LogP contribution in [-0.2, 0) is 14.3 Å². The number of hydrogen-bond donors (Lipinski definition) is 2. The third kappa shape index (κ3) is 5.14. The van der Waals surface area contributed by atoms with E-state index < -0.39 is 60.6 Å². The lowest BCUT2D eigenvalue weighted by Gasteiger charge is -2.39. The summed E-state index contributed by atoms with van der Waals surface area (Å²) in [6, 6.07) is 7.82. The molecule has 1 aliphatic carbocycles. The molecule has 1 saturated heterocycles. The molecule has 0 unspecified atom stereocenters. The Morgan fingerprint density at radius 2 is 1.97 bits per heavy atom. The first kappa shape index (κ1) is 26.2. The molecule has 2 N–H and O–H groups in total. The highest BCUT2D eigenvalue weighted by Crippen LogP contribution is 2.39. The van der Waals surface area contributed by atoms with Gasteiger partial charge in [-0.05, 0) is 24.3 Å². The fourth-order valence-electron chi connectivity index (χ4n) is 4.62. The number of halogens is 4. The topological polar surface area (TPSA) is 91.0 Å². The van der Waals surface area contributed by atoms with Crippen molar-refractivity contribution in [2.24, 2.45) is 0 Å². The molecule has 0 bridgehead atoms. The number of rotatable bonds is 7. The standard InChI is InChI=1S/C25H22ClF3N4O4S/c26-18-7-2-1-6-17(18)21(22(34)31-15-9-25(28,29)10-15)32(16-5-3-4-14(27)8-16)23(35)19-11-37-24(36)33(19)20-12-38-13-30-20/h1-8,12,15,19,21,30H,9-11,13H2,(H,31,34)/t19-,21-/m0/s1. The van der Waals surface area contributed by atoms with Gasteiger partial charge in [0, 0.05) is 40.6 Å². The summed E-state index contributed by atoms with van der Waals surface area (Å²) in [5.41, 5.74) is 0.206. The quantitative estimate of drug-likeness (QED) is 0.517. The summed E-state index contributed by atoms with van der Waals surface area (Å²) in [6.07, 6.45) is -1.85. The van der Waals surface area contributed by atoms with Gasteiger partial charge in [-0.1, -0.05) is 35.9 Å². The molecule has 8 nitrogen and oxygen atoms in total. The molecule has 5 rings (SSSR count). The van der Waals surface area contributed by atoms with Crippen LogP contribution >= 0.6 is 23.4 Å². The average Bonchev–Trinajstić information content (AvgIpc) is 3.51. The number of thioether (sulfide) groups is 1. The van der Waals surface area contributed by atoms with Crippen LogP contribution in [0.2, 0.25) is 5.02 Å². The maximum Gasteiger partial charge on any atom is 0.416 e. The number of nitrogens with zero attached hydrogens (tertiary/aromatic N) is 2. The highest BCUT2D eigenvalue weighted by molar-refractivity contribution is 8.02. The highest BCUT2D eigenvalue weighted by Gasteiger charge is 2.49. The van der Waals surface area contributed by atoms with E-state index in [0.717, 1.165) is 15.9 Å². The number of carbonyl (C=O) groups excluding carboxylic acids is 3. The summed E-state index contributed by atoms with van der Waals surface area (Å²) in [6.45, 7) is -0.321. The number of carbonyl (C=O) groups is 3. The third-order valence-electron chi connectivity index (χ3n) is 6.42. The Morgan fingerprint density at radius 1 is 1.21 bits per heavy atom. The summed E-state index contributed by atoms with van der Waals surface area (Å²) in [5, 5.41) is 7.36. The van der Waals surface area contributed by atoms with E-state index in [1.807, 2.05) is 0 Å². The molecule has 0 spiro atoms. The van der Waals surface area contributed by atoms with Crippen LogP contribution in [-0.4, -0.2) is 53.3 Å².